The molecule has 4 heteroatoms. The first-order valence-corrected chi connectivity index (χ1v) is 9.60. The van der Waals surface area contributed by atoms with Gasteiger partial charge in [-0.1, -0.05) is 25.8 Å². The molecular formula is C21H29NO3. The Hall–Kier alpha value is -1.71. The van der Waals surface area contributed by atoms with E-state index in [1.807, 2.05) is 12.1 Å². The lowest BCUT2D eigenvalue weighted by Gasteiger charge is -2.34. The van der Waals surface area contributed by atoms with Crippen molar-refractivity contribution in [3.63, 3.8) is 0 Å². The first-order valence-electron chi connectivity index (χ1n) is 9.60. The van der Waals surface area contributed by atoms with Crippen LogP contribution in [0, 0.1) is 11.3 Å². The summed E-state index contributed by atoms with van der Waals surface area (Å²) in [4.78, 5) is 15.8. The molecule has 3 fully saturated rings. The summed E-state index contributed by atoms with van der Waals surface area (Å²) in [5.41, 5.74) is 1.16. The third-order valence-corrected chi connectivity index (χ3v) is 7.10. The standard InChI is InChI=1S/C21H29NO3/c1-4-20-12-16(20)13-22(14-20)19(23)21(9-5-6-10-21)15-7-8-17(24-2)18(11-15)25-3/h7-8,11,16H,4-6,9-10,12-14H2,1-3H3. The normalized spacial score (nSPS) is 29.4. The van der Waals surface area contributed by atoms with E-state index in [4.69, 9.17) is 9.47 Å². The molecule has 1 saturated heterocycles. The smallest absolute Gasteiger partial charge is 0.233 e. The monoisotopic (exact) mass is 343 g/mol. The second kappa shape index (κ2) is 5.93. The molecule has 0 bridgehead atoms. The zero-order valence-electron chi connectivity index (χ0n) is 15.6. The van der Waals surface area contributed by atoms with Crippen molar-refractivity contribution in [2.45, 2.75) is 50.9 Å². The van der Waals surface area contributed by atoms with Crippen LogP contribution in [0.1, 0.15) is 51.0 Å². The van der Waals surface area contributed by atoms with Crippen molar-refractivity contribution >= 4 is 5.91 Å². The minimum absolute atomic E-state index is 0.345. The van der Waals surface area contributed by atoms with Gasteiger partial charge in [0.1, 0.15) is 0 Å². The predicted molar refractivity (Wildman–Crippen MR) is 97.1 cm³/mol. The van der Waals surface area contributed by atoms with Crippen molar-refractivity contribution in [2.24, 2.45) is 11.3 Å². The number of rotatable bonds is 5. The summed E-state index contributed by atoms with van der Waals surface area (Å²) in [6.45, 7) is 4.19. The Morgan fingerprint density at radius 1 is 1.20 bits per heavy atom. The van der Waals surface area contributed by atoms with E-state index in [1.54, 1.807) is 14.2 Å². The van der Waals surface area contributed by atoms with Gasteiger partial charge in [0.2, 0.25) is 5.91 Å². The molecule has 4 nitrogen and oxygen atoms in total. The van der Waals surface area contributed by atoms with Crippen LogP contribution in [-0.2, 0) is 10.2 Å². The van der Waals surface area contributed by atoms with Crippen LogP contribution >= 0.6 is 0 Å². The van der Waals surface area contributed by atoms with E-state index in [1.165, 1.54) is 12.8 Å². The van der Waals surface area contributed by atoms with Crippen molar-refractivity contribution in [3.05, 3.63) is 23.8 Å². The second-order valence-corrected chi connectivity index (χ2v) is 8.16. The van der Waals surface area contributed by atoms with Crippen LogP contribution in [0.5, 0.6) is 11.5 Å². The zero-order valence-corrected chi connectivity index (χ0v) is 15.6. The fraction of sp³-hybridized carbons (Fsp3) is 0.667. The molecule has 1 heterocycles. The number of amides is 1. The summed E-state index contributed by atoms with van der Waals surface area (Å²) in [5.74, 6) is 2.52. The maximum atomic E-state index is 13.6. The lowest BCUT2D eigenvalue weighted by atomic mass is 9.77. The highest BCUT2D eigenvalue weighted by atomic mass is 16.5. The fourth-order valence-corrected chi connectivity index (χ4v) is 5.33. The van der Waals surface area contributed by atoms with Crippen LogP contribution in [0.3, 0.4) is 0 Å². The van der Waals surface area contributed by atoms with Crippen molar-refractivity contribution in [1.29, 1.82) is 0 Å². The largest absolute Gasteiger partial charge is 0.493 e. The topological polar surface area (TPSA) is 38.8 Å². The van der Waals surface area contributed by atoms with E-state index >= 15 is 0 Å². The third-order valence-electron chi connectivity index (χ3n) is 7.10. The number of carbonyl (C=O) groups excluding carboxylic acids is 1. The maximum Gasteiger partial charge on any atom is 0.233 e. The molecular weight excluding hydrogens is 314 g/mol. The van der Waals surface area contributed by atoms with Gasteiger partial charge in [-0.05, 0) is 54.7 Å². The number of benzene rings is 1. The van der Waals surface area contributed by atoms with Gasteiger partial charge in [0, 0.05) is 13.1 Å². The number of methoxy groups -OCH3 is 2. The van der Waals surface area contributed by atoms with Gasteiger partial charge in [-0.25, -0.2) is 0 Å². The molecule has 1 aliphatic heterocycles. The van der Waals surface area contributed by atoms with E-state index in [0.29, 0.717) is 17.1 Å². The molecule has 0 spiro atoms. The lowest BCUT2D eigenvalue weighted by molar-refractivity contribution is -0.137. The molecule has 2 unspecified atom stereocenters. The first kappa shape index (κ1) is 16.7. The molecule has 2 saturated carbocycles. The molecule has 1 aromatic rings. The highest BCUT2D eigenvalue weighted by Gasteiger charge is 2.61. The van der Waals surface area contributed by atoms with Crippen LogP contribution in [0.4, 0.5) is 0 Å². The van der Waals surface area contributed by atoms with Gasteiger partial charge in [-0.2, -0.15) is 0 Å². The fourth-order valence-electron chi connectivity index (χ4n) is 5.33. The Labute approximate surface area is 150 Å². The molecule has 1 aromatic carbocycles. The van der Waals surface area contributed by atoms with Gasteiger partial charge in [0.15, 0.2) is 11.5 Å². The SMILES string of the molecule is CCC12CC1CN(C(=O)C1(c3ccc(OC)c(OC)c3)CCCC1)C2. The Morgan fingerprint density at radius 2 is 1.92 bits per heavy atom. The Morgan fingerprint density at radius 3 is 2.52 bits per heavy atom. The quantitative estimate of drug-likeness (QED) is 0.817. The summed E-state index contributed by atoms with van der Waals surface area (Å²) < 4.78 is 10.9. The number of ether oxygens (including phenoxy) is 2. The highest BCUT2D eigenvalue weighted by Crippen LogP contribution is 2.60. The minimum Gasteiger partial charge on any atom is -0.493 e. The van der Waals surface area contributed by atoms with Gasteiger partial charge < -0.3 is 14.4 Å². The number of hydrogen-bond acceptors (Lipinski definition) is 3. The maximum absolute atomic E-state index is 13.6. The van der Waals surface area contributed by atoms with E-state index in [0.717, 1.165) is 56.0 Å². The van der Waals surface area contributed by atoms with Crippen LogP contribution in [-0.4, -0.2) is 38.1 Å². The van der Waals surface area contributed by atoms with Crippen molar-refractivity contribution < 1.29 is 14.3 Å². The Bertz CT molecular complexity index is 676. The van der Waals surface area contributed by atoms with E-state index in [-0.39, 0.29) is 5.41 Å². The molecule has 0 N–H and O–H groups in total. The molecule has 3 aliphatic rings. The summed E-state index contributed by atoms with van der Waals surface area (Å²) >= 11 is 0. The van der Waals surface area contributed by atoms with Crippen molar-refractivity contribution in [3.8, 4) is 11.5 Å². The van der Waals surface area contributed by atoms with Crippen LogP contribution in [0.2, 0.25) is 0 Å². The minimum atomic E-state index is -0.370. The van der Waals surface area contributed by atoms with Crippen molar-refractivity contribution in [2.75, 3.05) is 27.3 Å². The molecule has 25 heavy (non-hydrogen) atoms. The summed E-state index contributed by atoms with van der Waals surface area (Å²) in [5, 5.41) is 0. The Balaban J connectivity index is 1.65. The molecule has 1 amide bonds. The van der Waals surface area contributed by atoms with E-state index in [9.17, 15) is 4.79 Å². The number of nitrogens with zero attached hydrogens (tertiary/aromatic N) is 1. The second-order valence-electron chi connectivity index (χ2n) is 8.16. The first-order chi connectivity index (χ1) is 12.1. The average molecular weight is 343 g/mol. The van der Waals surface area contributed by atoms with Crippen LogP contribution < -0.4 is 9.47 Å². The van der Waals surface area contributed by atoms with Gasteiger partial charge in [-0.15, -0.1) is 0 Å². The number of carbonyl (C=O) groups is 1. The molecule has 4 rings (SSSR count). The van der Waals surface area contributed by atoms with Gasteiger partial charge in [0.05, 0.1) is 19.6 Å². The van der Waals surface area contributed by atoms with E-state index < -0.39 is 0 Å². The molecule has 136 valence electrons. The molecule has 0 aromatic heterocycles. The lowest BCUT2D eigenvalue weighted by Crippen LogP contribution is -2.45. The van der Waals surface area contributed by atoms with E-state index in [2.05, 4.69) is 17.9 Å². The van der Waals surface area contributed by atoms with Gasteiger partial charge in [0.25, 0.3) is 0 Å². The summed E-state index contributed by atoms with van der Waals surface area (Å²) in [6.07, 6.45) is 6.65. The Kier molecular flexibility index (Phi) is 3.97. The van der Waals surface area contributed by atoms with Crippen molar-refractivity contribution in [1.82, 2.24) is 4.90 Å². The summed E-state index contributed by atoms with van der Waals surface area (Å²) in [7, 11) is 3.30. The van der Waals surface area contributed by atoms with Crippen LogP contribution in [0.15, 0.2) is 18.2 Å². The van der Waals surface area contributed by atoms with Gasteiger partial charge in [-0.3, -0.25) is 4.79 Å². The number of fused-ring (bicyclic) bond motifs is 1. The number of piperidine rings is 1. The third kappa shape index (κ3) is 2.44. The molecule has 2 atom stereocenters. The average Bonchev–Trinajstić information content (AvgIpc) is 3.03. The molecule has 0 radical (unpaired) electrons. The summed E-state index contributed by atoms with van der Waals surface area (Å²) in [6, 6.07) is 6.03. The zero-order chi connectivity index (χ0) is 17.7. The predicted octanol–water partition coefficient (Wildman–Crippen LogP) is 3.77. The van der Waals surface area contributed by atoms with Gasteiger partial charge >= 0.3 is 0 Å². The van der Waals surface area contributed by atoms with Crippen LogP contribution in [0.25, 0.3) is 0 Å². The molecule has 2 aliphatic carbocycles. The number of likely N-dealkylation sites (tertiary alicyclic amines) is 1. The highest BCUT2D eigenvalue weighted by molar-refractivity contribution is 5.89. The number of hydrogen-bond donors (Lipinski definition) is 0.